The van der Waals surface area contributed by atoms with Gasteiger partial charge in [-0.15, -0.1) is 0 Å². The van der Waals surface area contributed by atoms with Crippen molar-refractivity contribution in [2.75, 3.05) is 13.2 Å². The largest absolute Gasteiger partial charge is 0.466 e. The molecule has 1 amide bonds. The number of esters is 1. The Morgan fingerprint density at radius 1 is 0.351 bits per heavy atom. The predicted molar refractivity (Wildman–Crippen MR) is 338 cm³/mol. The summed E-state index contributed by atoms with van der Waals surface area (Å²) in [5.74, 6) is -0.0456. The SMILES string of the molecule is CCCCCCCCCCCCCCCC/C=C/C(O)C(CO)NC(=O)CCCCCCCCCCCCCC/C=C\CCCCCCCCCCCCCCOC(=O)CCCCCCCCCCCCCCCCCC. The quantitative estimate of drug-likeness (QED) is 0.0320. The molecule has 6 heteroatoms. The van der Waals surface area contributed by atoms with Gasteiger partial charge in [0.2, 0.25) is 5.91 Å². The van der Waals surface area contributed by atoms with Crippen LogP contribution in [-0.2, 0) is 14.3 Å². The van der Waals surface area contributed by atoms with Crippen molar-refractivity contribution >= 4 is 11.9 Å². The first-order valence-corrected chi connectivity index (χ1v) is 35.1. The number of nitrogens with one attached hydrogen (secondary N) is 1. The van der Waals surface area contributed by atoms with E-state index in [1.807, 2.05) is 6.08 Å². The molecule has 0 aliphatic carbocycles. The van der Waals surface area contributed by atoms with Crippen LogP contribution in [-0.4, -0.2) is 47.4 Å². The van der Waals surface area contributed by atoms with Crippen molar-refractivity contribution in [2.24, 2.45) is 0 Å². The minimum absolute atomic E-state index is 0.0196. The molecule has 0 saturated heterocycles. The van der Waals surface area contributed by atoms with Gasteiger partial charge < -0.3 is 20.3 Å². The van der Waals surface area contributed by atoms with Crippen LogP contribution in [0.4, 0.5) is 0 Å². The number of carbonyl (C=O) groups is 2. The summed E-state index contributed by atoms with van der Waals surface area (Å²) in [6.45, 7) is 4.94. The first kappa shape index (κ1) is 75.3. The second-order valence-electron chi connectivity index (χ2n) is 24.2. The van der Waals surface area contributed by atoms with E-state index in [-0.39, 0.29) is 18.5 Å². The van der Waals surface area contributed by atoms with E-state index >= 15 is 0 Å². The molecule has 0 saturated carbocycles. The van der Waals surface area contributed by atoms with E-state index in [2.05, 4.69) is 31.3 Å². The molecule has 0 aromatic carbocycles. The van der Waals surface area contributed by atoms with Gasteiger partial charge in [-0.25, -0.2) is 0 Å². The Kier molecular flexibility index (Phi) is 65.4. The number of aliphatic hydroxyl groups is 2. The zero-order chi connectivity index (χ0) is 55.7. The van der Waals surface area contributed by atoms with Crippen molar-refractivity contribution in [3.8, 4) is 0 Å². The van der Waals surface area contributed by atoms with E-state index in [0.717, 1.165) is 38.5 Å². The molecular weight excluding hydrogens is 947 g/mol. The molecule has 0 aliphatic heterocycles. The Hall–Kier alpha value is -1.66. The zero-order valence-corrected chi connectivity index (χ0v) is 52.2. The summed E-state index contributed by atoms with van der Waals surface area (Å²) in [6, 6.07) is -0.628. The summed E-state index contributed by atoms with van der Waals surface area (Å²) in [5.41, 5.74) is 0. The van der Waals surface area contributed by atoms with Gasteiger partial charge in [-0.05, 0) is 57.8 Å². The lowest BCUT2D eigenvalue weighted by Crippen LogP contribution is -2.45. The first-order valence-electron chi connectivity index (χ1n) is 35.1. The number of unbranched alkanes of at least 4 members (excludes halogenated alkanes) is 53. The van der Waals surface area contributed by atoms with Crippen molar-refractivity contribution in [3.05, 3.63) is 24.3 Å². The van der Waals surface area contributed by atoms with Crippen LogP contribution in [0, 0.1) is 0 Å². The molecule has 2 atom stereocenters. The normalized spacial score (nSPS) is 12.6. The van der Waals surface area contributed by atoms with Gasteiger partial charge in [0.15, 0.2) is 0 Å². The molecule has 0 spiro atoms. The van der Waals surface area contributed by atoms with Gasteiger partial charge in [0, 0.05) is 12.8 Å². The maximum atomic E-state index is 12.5. The molecule has 0 aromatic heterocycles. The fraction of sp³-hybridized carbons (Fsp3) is 0.915. The Morgan fingerprint density at radius 3 is 0.922 bits per heavy atom. The number of hydrogen-bond donors (Lipinski definition) is 3. The lowest BCUT2D eigenvalue weighted by molar-refractivity contribution is -0.143. The molecule has 0 fully saturated rings. The van der Waals surface area contributed by atoms with Crippen molar-refractivity contribution in [3.63, 3.8) is 0 Å². The smallest absolute Gasteiger partial charge is 0.305 e. The number of rotatable bonds is 66. The highest BCUT2D eigenvalue weighted by molar-refractivity contribution is 5.76. The summed E-state index contributed by atoms with van der Waals surface area (Å²) in [6.07, 6.45) is 84.0. The van der Waals surface area contributed by atoms with Crippen LogP contribution >= 0.6 is 0 Å². The summed E-state index contributed by atoms with van der Waals surface area (Å²) in [5, 5.41) is 23.2. The number of aliphatic hydroxyl groups excluding tert-OH is 2. The highest BCUT2D eigenvalue weighted by Crippen LogP contribution is 2.18. The molecule has 0 bridgehead atoms. The van der Waals surface area contributed by atoms with Gasteiger partial charge >= 0.3 is 5.97 Å². The maximum Gasteiger partial charge on any atom is 0.305 e. The monoisotopic (exact) mass is 1080 g/mol. The molecule has 77 heavy (non-hydrogen) atoms. The average Bonchev–Trinajstić information content (AvgIpc) is 3.43. The number of hydrogen-bond acceptors (Lipinski definition) is 5. The van der Waals surface area contributed by atoms with Crippen LogP contribution < -0.4 is 5.32 Å². The van der Waals surface area contributed by atoms with E-state index in [9.17, 15) is 19.8 Å². The Morgan fingerprint density at radius 2 is 0.610 bits per heavy atom. The zero-order valence-electron chi connectivity index (χ0n) is 52.2. The van der Waals surface area contributed by atoms with Gasteiger partial charge in [0.05, 0.1) is 25.4 Å². The van der Waals surface area contributed by atoms with E-state index in [1.54, 1.807) is 6.08 Å². The summed E-state index contributed by atoms with van der Waals surface area (Å²) in [7, 11) is 0. The minimum atomic E-state index is -0.844. The van der Waals surface area contributed by atoms with E-state index in [0.29, 0.717) is 19.4 Å². The van der Waals surface area contributed by atoms with Gasteiger partial charge in [-0.2, -0.15) is 0 Å². The first-order chi connectivity index (χ1) is 38.0. The highest BCUT2D eigenvalue weighted by atomic mass is 16.5. The second kappa shape index (κ2) is 66.8. The Bertz CT molecular complexity index is 1200. The molecule has 0 heterocycles. The molecule has 0 radical (unpaired) electrons. The number of carbonyl (C=O) groups excluding carboxylic acids is 2. The van der Waals surface area contributed by atoms with Crippen molar-refractivity contribution in [1.29, 1.82) is 0 Å². The van der Waals surface area contributed by atoms with Gasteiger partial charge in [0.25, 0.3) is 0 Å². The third-order valence-corrected chi connectivity index (χ3v) is 16.5. The second-order valence-corrected chi connectivity index (χ2v) is 24.2. The van der Waals surface area contributed by atoms with Crippen LogP contribution in [0.3, 0.4) is 0 Å². The molecule has 6 nitrogen and oxygen atoms in total. The lowest BCUT2D eigenvalue weighted by Gasteiger charge is -2.20. The molecule has 0 aliphatic rings. The molecule has 3 N–H and O–H groups in total. The van der Waals surface area contributed by atoms with Crippen LogP contribution in [0.2, 0.25) is 0 Å². The molecule has 456 valence electrons. The molecule has 2 unspecified atom stereocenters. The topological polar surface area (TPSA) is 95.9 Å². The van der Waals surface area contributed by atoms with Crippen molar-refractivity contribution in [2.45, 2.75) is 405 Å². The average molecular weight is 1080 g/mol. The van der Waals surface area contributed by atoms with Gasteiger partial charge in [-0.3, -0.25) is 9.59 Å². The third kappa shape index (κ3) is 63.4. The van der Waals surface area contributed by atoms with Gasteiger partial charge in [0.1, 0.15) is 0 Å². The Labute approximate surface area is 481 Å². The minimum Gasteiger partial charge on any atom is -0.466 e. The third-order valence-electron chi connectivity index (χ3n) is 16.5. The maximum absolute atomic E-state index is 12.5. The van der Waals surface area contributed by atoms with Gasteiger partial charge in [-0.1, -0.05) is 346 Å². The number of amides is 1. The Balaban J connectivity index is 3.38. The molecule has 0 rings (SSSR count). The number of allylic oxidation sites excluding steroid dienone is 3. The van der Waals surface area contributed by atoms with E-state index in [1.165, 1.54) is 327 Å². The van der Waals surface area contributed by atoms with Crippen molar-refractivity contribution < 1.29 is 24.5 Å². The van der Waals surface area contributed by atoms with E-state index < -0.39 is 12.1 Å². The predicted octanol–water partition coefficient (Wildman–Crippen LogP) is 22.5. The summed E-state index contributed by atoms with van der Waals surface area (Å²) < 4.78 is 5.50. The van der Waals surface area contributed by atoms with Crippen LogP contribution in [0.25, 0.3) is 0 Å². The molecule has 0 aromatic rings. The van der Waals surface area contributed by atoms with Crippen LogP contribution in [0.15, 0.2) is 24.3 Å². The standard InChI is InChI=1S/C71H137NO5/c1-3-5-7-9-11-13-15-17-19-35-39-43-47-51-55-59-63-69(74)68(67-73)72-70(75)64-60-56-52-48-44-40-36-33-31-29-27-25-23-21-22-24-26-28-30-32-34-38-42-46-50-54-58-62-66-77-71(76)65-61-57-53-49-45-41-37-20-18-16-14-12-10-8-6-4-2/h21-22,59,63,68-69,73-74H,3-20,23-58,60-62,64-67H2,1-2H3,(H,72,75)/b22-21-,63-59+. The summed E-state index contributed by atoms with van der Waals surface area (Å²) >= 11 is 0. The molecular formula is C71H137NO5. The fourth-order valence-corrected chi connectivity index (χ4v) is 11.1. The van der Waals surface area contributed by atoms with E-state index in [4.69, 9.17) is 4.74 Å². The highest BCUT2D eigenvalue weighted by Gasteiger charge is 2.18. The number of ether oxygens (including phenoxy) is 1. The van der Waals surface area contributed by atoms with Crippen molar-refractivity contribution in [1.82, 2.24) is 5.32 Å². The fourth-order valence-electron chi connectivity index (χ4n) is 11.1. The van der Waals surface area contributed by atoms with Crippen LogP contribution in [0.1, 0.15) is 393 Å². The lowest BCUT2D eigenvalue weighted by atomic mass is 10.0. The van der Waals surface area contributed by atoms with Crippen LogP contribution in [0.5, 0.6) is 0 Å². The summed E-state index contributed by atoms with van der Waals surface area (Å²) in [4.78, 5) is 24.6.